The summed E-state index contributed by atoms with van der Waals surface area (Å²) in [6, 6.07) is 11.2. The van der Waals surface area contributed by atoms with Gasteiger partial charge in [0.25, 0.3) is 5.91 Å². The average Bonchev–Trinajstić information content (AvgIpc) is 3.46. The van der Waals surface area contributed by atoms with E-state index in [2.05, 4.69) is 30.6 Å². The Hall–Kier alpha value is -4.11. The molecule has 10 heteroatoms. The number of aromatic nitrogens is 7. The second kappa shape index (κ2) is 7.37. The first-order valence-corrected chi connectivity index (χ1v) is 9.29. The normalized spacial score (nSPS) is 11.0. The monoisotopic (exact) mass is 416 g/mol. The number of benzene rings is 1. The van der Waals surface area contributed by atoms with Crippen molar-refractivity contribution in [1.82, 2.24) is 34.7 Å². The van der Waals surface area contributed by atoms with E-state index in [1.807, 2.05) is 30.3 Å². The Labute approximate surface area is 175 Å². The van der Waals surface area contributed by atoms with Crippen LogP contribution < -0.4 is 5.32 Å². The number of nitrogens with zero attached hydrogens (tertiary/aromatic N) is 7. The molecular formula is C20H13ClN8O. The number of amides is 1. The van der Waals surface area contributed by atoms with Gasteiger partial charge >= 0.3 is 0 Å². The number of halogens is 1. The fourth-order valence-corrected chi connectivity index (χ4v) is 3.28. The summed E-state index contributed by atoms with van der Waals surface area (Å²) in [6.45, 7) is 0. The molecule has 0 spiro atoms. The number of pyridine rings is 2. The molecule has 146 valence electrons. The van der Waals surface area contributed by atoms with Gasteiger partial charge in [-0.1, -0.05) is 17.7 Å². The van der Waals surface area contributed by atoms with E-state index in [9.17, 15) is 4.79 Å². The van der Waals surface area contributed by atoms with Crippen LogP contribution in [-0.4, -0.2) is 40.6 Å². The molecule has 0 saturated carbocycles. The summed E-state index contributed by atoms with van der Waals surface area (Å²) in [4.78, 5) is 22.5. The maximum atomic E-state index is 12.7. The molecule has 5 aromatic rings. The van der Waals surface area contributed by atoms with Gasteiger partial charge in [0.1, 0.15) is 0 Å². The summed E-state index contributed by atoms with van der Waals surface area (Å²) in [6.07, 6.45) is 9.44. The van der Waals surface area contributed by atoms with E-state index in [0.717, 1.165) is 16.6 Å². The predicted molar refractivity (Wildman–Crippen MR) is 111 cm³/mol. The molecule has 0 radical (unpaired) electrons. The van der Waals surface area contributed by atoms with Crippen molar-refractivity contribution in [3.8, 4) is 11.5 Å². The molecule has 0 unspecified atom stereocenters. The molecule has 0 saturated heterocycles. The fourth-order valence-electron chi connectivity index (χ4n) is 3.03. The predicted octanol–water partition coefficient (Wildman–Crippen LogP) is 3.30. The topological polar surface area (TPSA) is 103 Å². The molecule has 1 aromatic carbocycles. The van der Waals surface area contributed by atoms with Gasteiger partial charge in [0.2, 0.25) is 0 Å². The van der Waals surface area contributed by atoms with Crippen LogP contribution in [0, 0.1) is 0 Å². The number of carbonyl (C=O) groups excluding carboxylic acids is 1. The number of rotatable bonds is 4. The Morgan fingerprint density at radius 2 is 1.83 bits per heavy atom. The zero-order valence-electron chi connectivity index (χ0n) is 15.3. The fraction of sp³-hybridized carbons (Fsp3) is 0. The van der Waals surface area contributed by atoms with Crippen LogP contribution >= 0.6 is 11.6 Å². The second-order valence-electron chi connectivity index (χ2n) is 6.32. The van der Waals surface area contributed by atoms with Crippen molar-refractivity contribution < 1.29 is 4.79 Å². The van der Waals surface area contributed by atoms with Gasteiger partial charge in [0.05, 0.1) is 52.3 Å². The number of nitrogens with one attached hydrogen (secondary N) is 1. The molecule has 30 heavy (non-hydrogen) atoms. The van der Waals surface area contributed by atoms with Crippen LogP contribution in [0.3, 0.4) is 0 Å². The summed E-state index contributed by atoms with van der Waals surface area (Å²) < 4.78 is 1.65. The van der Waals surface area contributed by atoms with Gasteiger partial charge in [0.15, 0.2) is 5.82 Å². The molecule has 1 N–H and O–H groups in total. The van der Waals surface area contributed by atoms with Crippen LogP contribution in [-0.2, 0) is 0 Å². The first kappa shape index (κ1) is 18.0. The van der Waals surface area contributed by atoms with Crippen LogP contribution in [0.15, 0.2) is 73.6 Å². The van der Waals surface area contributed by atoms with E-state index in [1.54, 1.807) is 23.1 Å². The van der Waals surface area contributed by atoms with Gasteiger partial charge in [-0.15, -0.1) is 4.80 Å². The van der Waals surface area contributed by atoms with Crippen LogP contribution in [0.5, 0.6) is 0 Å². The summed E-state index contributed by atoms with van der Waals surface area (Å²) >= 11 is 6.25. The number of fused-ring (bicyclic) bond motifs is 1. The van der Waals surface area contributed by atoms with Gasteiger partial charge in [-0.2, -0.15) is 15.3 Å². The zero-order chi connectivity index (χ0) is 20.5. The highest BCUT2D eigenvalue weighted by Gasteiger charge is 2.13. The Kier molecular flexibility index (Phi) is 4.41. The highest BCUT2D eigenvalue weighted by Crippen LogP contribution is 2.22. The van der Waals surface area contributed by atoms with Gasteiger partial charge < -0.3 is 5.32 Å². The van der Waals surface area contributed by atoms with E-state index in [0.29, 0.717) is 22.1 Å². The van der Waals surface area contributed by atoms with E-state index in [-0.39, 0.29) is 5.91 Å². The summed E-state index contributed by atoms with van der Waals surface area (Å²) in [5, 5.41) is 16.3. The summed E-state index contributed by atoms with van der Waals surface area (Å²) in [5.41, 5.74) is 2.53. The SMILES string of the molecule is O=C(Nc1cnc(-n2nccn2)c(Cl)c1)c1cnn(-c2cccc3ncccc23)c1. The maximum absolute atomic E-state index is 12.7. The highest BCUT2D eigenvalue weighted by molar-refractivity contribution is 6.32. The summed E-state index contributed by atoms with van der Waals surface area (Å²) in [5.74, 6) is 0.0412. The molecular weight excluding hydrogens is 404 g/mol. The lowest BCUT2D eigenvalue weighted by Crippen LogP contribution is -2.12. The quantitative estimate of drug-likeness (QED) is 0.482. The van der Waals surface area contributed by atoms with Crippen molar-refractivity contribution in [2.75, 3.05) is 5.32 Å². The van der Waals surface area contributed by atoms with Crippen molar-refractivity contribution in [3.05, 3.63) is 84.2 Å². The molecule has 4 heterocycles. The average molecular weight is 417 g/mol. The van der Waals surface area contributed by atoms with E-state index >= 15 is 0 Å². The van der Waals surface area contributed by atoms with Gasteiger partial charge in [-0.3, -0.25) is 9.78 Å². The standard InChI is InChI=1S/C20H13ClN8O/c21-16-9-14(11-23-19(16)29-24-7-8-25-29)27-20(30)13-10-26-28(12-13)18-5-1-4-17-15(18)3-2-6-22-17/h1-12H,(H,27,30). The molecule has 0 bridgehead atoms. The molecule has 9 nitrogen and oxygen atoms in total. The van der Waals surface area contributed by atoms with Crippen LogP contribution in [0.2, 0.25) is 5.02 Å². The molecule has 0 aliphatic rings. The lowest BCUT2D eigenvalue weighted by Gasteiger charge is -2.07. The molecule has 0 aliphatic heterocycles. The number of hydrogen-bond acceptors (Lipinski definition) is 6. The smallest absolute Gasteiger partial charge is 0.258 e. The Bertz CT molecular complexity index is 1360. The number of anilines is 1. The minimum absolute atomic E-state index is 0.308. The van der Waals surface area contributed by atoms with Crippen LogP contribution in [0.1, 0.15) is 10.4 Å². The summed E-state index contributed by atoms with van der Waals surface area (Å²) in [7, 11) is 0. The maximum Gasteiger partial charge on any atom is 0.258 e. The molecule has 0 fully saturated rings. The number of carbonyl (C=O) groups is 1. The Morgan fingerprint density at radius 3 is 2.67 bits per heavy atom. The Balaban J connectivity index is 1.39. The molecule has 0 atom stereocenters. The third-order valence-electron chi connectivity index (χ3n) is 4.40. The molecule has 5 rings (SSSR count). The first-order chi connectivity index (χ1) is 14.7. The Morgan fingerprint density at radius 1 is 0.967 bits per heavy atom. The minimum atomic E-state index is -0.331. The van der Waals surface area contributed by atoms with E-state index in [1.165, 1.54) is 29.6 Å². The zero-order valence-corrected chi connectivity index (χ0v) is 16.1. The molecule has 1 amide bonds. The van der Waals surface area contributed by atoms with Gasteiger partial charge in [0, 0.05) is 17.8 Å². The van der Waals surface area contributed by atoms with Gasteiger partial charge in [-0.25, -0.2) is 9.67 Å². The van der Waals surface area contributed by atoms with Gasteiger partial charge in [-0.05, 0) is 30.3 Å². The minimum Gasteiger partial charge on any atom is -0.320 e. The van der Waals surface area contributed by atoms with Crippen molar-refractivity contribution in [2.45, 2.75) is 0 Å². The molecule has 0 aliphatic carbocycles. The highest BCUT2D eigenvalue weighted by atomic mass is 35.5. The molecule has 4 aromatic heterocycles. The second-order valence-corrected chi connectivity index (χ2v) is 6.73. The van der Waals surface area contributed by atoms with Crippen molar-refractivity contribution in [1.29, 1.82) is 0 Å². The first-order valence-electron chi connectivity index (χ1n) is 8.91. The largest absolute Gasteiger partial charge is 0.320 e. The van der Waals surface area contributed by atoms with E-state index in [4.69, 9.17) is 11.6 Å². The van der Waals surface area contributed by atoms with Crippen LogP contribution in [0.25, 0.3) is 22.4 Å². The van der Waals surface area contributed by atoms with Crippen molar-refractivity contribution in [2.24, 2.45) is 0 Å². The van der Waals surface area contributed by atoms with Crippen molar-refractivity contribution >= 4 is 34.1 Å². The third-order valence-corrected chi connectivity index (χ3v) is 4.68. The lowest BCUT2D eigenvalue weighted by atomic mass is 10.2. The van der Waals surface area contributed by atoms with E-state index < -0.39 is 0 Å². The third kappa shape index (κ3) is 3.27. The van der Waals surface area contributed by atoms with Crippen LogP contribution in [0.4, 0.5) is 5.69 Å². The number of hydrogen-bond donors (Lipinski definition) is 1. The van der Waals surface area contributed by atoms with Crippen molar-refractivity contribution in [3.63, 3.8) is 0 Å². The lowest BCUT2D eigenvalue weighted by molar-refractivity contribution is 0.102.